The predicted molar refractivity (Wildman–Crippen MR) is 58.5 cm³/mol. The zero-order valence-electron chi connectivity index (χ0n) is 8.75. The molecule has 1 aliphatic heterocycles. The Morgan fingerprint density at radius 3 is 3.06 bits per heavy atom. The van der Waals surface area contributed by atoms with Crippen molar-refractivity contribution >= 4 is 17.6 Å². The fourth-order valence-electron chi connectivity index (χ4n) is 1.84. The van der Waals surface area contributed by atoms with E-state index in [2.05, 4.69) is 0 Å². The minimum Gasteiger partial charge on any atom is -0.495 e. The highest BCUT2D eigenvalue weighted by atomic mass is 35.5. The van der Waals surface area contributed by atoms with Gasteiger partial charge in [-0.15, -0.1) is 0 Å². The zero-order valence-corrected chi connectivity index (χ0v) is 9.50. The molecule has 0 spiro atoms. The third-order valence-electron chi connectivity index (χ3n) is 2.51. The molecule has 0 fully saturated rings. The molecule has 1 aliphatic rings. The molecule has 0 atom stereocenters. The number of rotatable bonds is 3. The second kappa shape index (κ2) is 4.22. The van der Waals surface area contributed by atoms with Crippen molar-refractivity contribution < 1.29 is 19.4 Å². The van der Waals surface area contributed by atoms with Gasteiger partial charge in [-0.2, -0.15) is 0 Å². The third-order valence-corrected chi connectivity index (χ3v) is 2.91. The van der Waals surface area contributed by atoms with Gasteiger partial charge >= 0.3 is 5.97 Å². The van der Waals surface area contributed by atoms with Crippen LogP contribution in [0.15, 0.2) is 6.07 Å². The maximum atomic E-state index is 10.7. The molecule has 0 bridgehead atoms. The standard InChI is InChI=1S/C11H11ClO4/c1-15-11-6(5-9(13)14)4-8-7(10(11)12)2-3-16-8/h4H,2-3,5H2,1H3,(H,13,14). The molecule has 0 unspecified atom stereocenters. The topological polar surface area (TPSA) is 55.8 Å². The molecule has 0 saturated carbocycles. The molecule has 0 saturated heterocycles. The molecule has 86 valence electrons. The Bertz CT molecular complexity index is 442. The molecule has 2 rings (SSSR count). The summed E-state index contributed by atoms with van der Waals surface area (Å²) in [5.74, 6) is 0.183. The molecule has 1 aromatic carbocycles. The van der Waals surface area contributed by atoms with Gasteiger partial charge in [0.05, 0.1) is 25.2 Å². The summed E-state index contributed by atoms with van der Waals surface area (Å²) in [6.07, 6.45) is 0.609. The van der Waals surface area contributed by atoms with E-state index in [1.807, 2.05) is 0 Å². The van der Waals surface area contributed by atoms with E-state index >= 15 is 0 Å². The van der Waals surface area contributed by atoms with Crippen LogP contribution >= 0.6 is 11.6 Å². The van der Waals surface area contributed by atoms with Crippen molar-refractivity contribution in [1.82, 2.24) is 0 Å². The first-order chi connectivity index (χ1) is 7.63. The molecule has 16 heavy (non-hydrogen) atoms. The van der Waals surface area contributed by atoms with Gasteiger partial charge in [-0.3, -0.25) is 4.79 Å². The van der Waals surface area contributed by atoms with E-state index in [1.165, 1.54) is 7.11 Å². The van der Waals surface area contributed by atoms with Gasteiger partial charge in [0.1, 0.15) is 11.5 Å². The molecule has 0 amide bonds. The van der Waals surface area contributed by atoms with Crippen molar-refractivity contribution in [1.29, 1.82) is 0 Å². The van der Waals surface area contributed by atoms with Crippen molar-refractivity contribution in [3.8, 4) is 11.5 Å². The number of hydrogen-bond donors (Lipinski definition) is 1. The summed E-state index contributed by atoms with van der Waals surface area (Å²) in [7, 11) is 1.48. The second-order valence-corrected chi connectivity index (χ2v) is 3.91. The average Bonchev–Trinajstić information content (AvgIpc) is 2.65. The minimum absolute atomic E-state index is 0.125. The molecule has 0 radical (unpaired) electrons. The van der Waals surface area contributed by atoms with Gasteiger partial charge in [-0.25, -0.2) is 0 Å². The van der Waals surface area contributed by atoms with Crippen LogP contribution in [0.2, 0.25) is 5.02 Å². The normalized spacial score (nSPS) is 13.1. The van der Waals surface area contributed by atoms with Gasteiger partial charge < -0.3 is 14.6 Å². The fraction of sp³-hybridized carbons (Fsp3) is 0.364. The third kappa shape index (κ3) is 1.80. The summed E-state index contributed by atoms with van der Waals surface area (Å²) >= 11 is 6.14. The van der Waals surface area contributed by atoms with Crippen LogP contribution in [0, 0.1) is 0 Å². The molecule has 5 heteroatoms. The largest absolute Gasteiger partial charge is 0.495 e. The van der Waals surface area contributed by atoms with Crippen LogP contribution in [0.1, 0.15) is 11.1 Å². The Labute approximate surface area is 97.7 Å². The van der Waals surface area contributed by atoms with E-state index in [4.69, 9.17) is 26.2 Å². The van der Waals surface area contributed by atoms with Crippen LogP contribution < -0.4 is 9.47 Å². The Morgan fingerprint density at radius 1 is 1.69 bits per heavy atom. The van der Waals surface area contributed by atoms with Crippen LogP contribution in [0.5, 0.6) is 11.5 Å². The molecule has 0 aromatic heterocycles. The first kappa shape index (κ1) is 11.1. The van der Waals surface area contributed by atoms with E-state index in [9.17, 15) is 4.79 Å². The Hall–Kier alpha value is -1.42. The molecule has 1 N–H and O–H groups in total. The zero-order chi connectivity index (χ0) is 11.7. The number of carboxylic acids is 1. The number of benzene rings is 1. The van der Waals surface area contributed by atoms with E-state index in [1.54, 1.807) is 6.07 Å². The van der Waals surface area contributed by atoms with Crippen molar-refractivity contribution in [3.63, 3.8) is 0 Å². The number of methoxy groups -OCH3 is 1. The number of ether oxygens (including phenoxy) is 2. The monoisotopic (exact) mass is 242 g/mol. The molecule has 1 aromatic rings. The SMILES string of the molecule is COc1c(CC(=O)O)cc2c(c1Cl)CCO2. The first-order valence-corrected chi connectivity index (χ1v) is 5.24. The van der Waals surface area contributed by atoms with E-state index < -0.39 is 5.97 Å². The lowest BCUT2D eigenvalue weighted by Gasteiger charge is -2.12. The number of hydrogen-bond acceptors (Lipinski definition) is 3. The molecule has 1 heterocycles. The highest BCUT2D eigenvalue weighted by Crippen LogP contribution is 2.41. The van der Waals surface area contributed by atoms with Crippen LogP contribution in [0.25, 0.3) is 0 Å². The average molecular weight is 243 g/mol. The van der Waals surface area contributed by atoms with Gasteiger partial charge in [0.25, 0.3) is 0 Å². The smallest absolute Gasteiger partial charge is 0.307 e. The van der Waals surface area contributed by atoms with E-state index in [-0.39, 0.29) is 6.42 Å². The number of aliphatic carboxylic acids is 1. The van der Waals surface area contributed by atoms with Crippen molar-refractivity contribution in [2.45, 2.75) is 12.8 Å². The predicted octanol–water partition coefficient (Wildman–Crippen LogP) is 1.91. The number of fused-ring (bicyclic) bond motifs is 1. The summed E-state index contributed by atoms with van der Waals surface area (Å²) in [6, 6.07) is 1.70. The van der Waals surface area contributed by atoms with E-state index in [0.717, 1.165) is 12.0 Å². The lowest BCUT2D eigenvalue weighted by Crippen LogP contribution is -2.03. The van der Waals surface area contributed by atoms with Crippen LogP contribution in [-0.2, 0) is 17.6 Å². The number of carbonyl (C=O) groups is 1. The summed E-state index contributed by atoms with van der Waals surface area (Å²) in [6.45, 7) is 0.578. The second-order valence-electron chi connectivity index (χ2n) is 3.53. The van der Waals surface area contributed by atoms with Gasteiger partial charge in [0, 0.05) is 17.5 Å². The van der Waals surface area contributed by atoms with Crippen molar-refractivity contribution in [3.05, 3.63) is 22.2 Å². The highest BCUT2D eigenvalue weighted by molar-refractivity contribution is 6.33. The lowest BCUT2D eigenvalue weighted by atomic mass is 10.1. The summed E-state index contributed by atoms with van der Waals surface area (Å²) < 4.78 is 10.5. The molecular formula is C11H11ClO4. The van der Waals surface area contributed by atoms with Crippen LogP contribution in [-0.4, -0.2) is 24.8 Å². The van der Waals surface area contributed by atoms with Gasteiger partial charge in [-0.05, 0) is 6.07 Å². The van der Waals surface area contributed by atoms with Crippen LogP contribution in [0.4, 0.5) is 0 Å². The summed E-state index contributed by atoms with van der Waals surface area (Å²) in [4.78, 5) is 10.7. The van der Waals surface area contributed by atoms with Crippen molar-refractivity contribution in [2.75, 3.05) is 13.7 Å². The maximum Gasteiger partial charge on any atom is 0.307 e. The number of carboxylic acid groups (broad SMARTS) is 1. The molecule has 0 aliphatic carbocycles. The van der Waals surface area contributed by atoms with Crippen molar-refractivity contribution in [2.24, 2.45) is 0 Å². The fourth-order valence-corrected chi connectivity index (χ4v) is 2.22. The van der Waals surface area contributed by atoms with E-state index in [0.29, 0.717) is 28.7 Å². The Balaban J connectivity index is 2.52. The van der Waals surface area contributed by atoms with Gasteiger partial charge in [-0.1, -0.05) is 11.6 Å². The minimum atomic E-state index is -0.924. The molecular weight excluding hydrogens is 232 g/mol. The highest BCUT2D eigenvalue weighted by Gasteiger charge is 2.23. The lowest BCUT2D eigenvalue weighted by molar-refractivity contribution is -0.136. The number of halogens is 1. The molecule has 4 nitrogen and oxygen atoms in total. The first-order valence-electron chi connectivity index (χ1n) is 4.86. The van der Waals surface area contributed by atoms with Gasteiger partial charge in [0.15, 0.2) is 0 Å². The van der Waals surface area contributed by atoms with Crippen LogP contribution in [0.3, 0.4) is 0 Å². The summed E-state index contributed by atoms with van der Waals surface area (Å²) in [5, 5.41) is 9.25. The maximum absolute atomic E-state index is 10.7. The summed E-state index contributed by atoms with van der Waals surface area (Å²) in [5.41, 5.74) is 1.44. The Kier molecular flexibility index (Phi) is 2.92. The van der Waals surface area contributed by atoms with Gasteiger partial charge in [0.2, 0.25) is 0 Å². The quantitative estimate of drug-likeness (QED) is 0.880. The Morgan fingerprint density at radius 2 is 2.44 bits per heavy atom.